The van der Waals surface area contributed by atoms with Crippen molar-refractivity contribution in [1.82, 2.24) is 25.5 Å². The zero-order valence-electron chi connectivity index (χ0n) is 12.1. The second-order valence-corrected chi connectivity index (χ2v) is 5.42. The lowest BCUT2D eigenvalue weighted by Gasteiger charge is -2.31. The Hall–Kier alpha value is -2.15. The maximum Gasteiger partial charge on any atom is 0.248 e. The number of hydrogen-bond donors (Lipinski definition) is 3. The molecule has 1 aliphatic heterocycles. The van der Waals surface area contributed by atoms with Gasteiger partial charge in [-0.1, -0.05) is 6.07 Å². The van der Waals surface area contributed by atoms with Crippen molar-refractivity contribution in [3.63, 3.8) is 0 Å². The summed E-state index contributed by atoms with van der Waals surface area (Å²) in [5, 5.41) is 10.4. The molecule has 0 aromatic carbocycles. The molecule has 0 amide bonds. The van der Waals surface area contributed by atoms with E-state index >= 15 is 0 Å². The fourth-order valence-electron chi connectivity index (χ4n) is 2.80. The molecule has 0 saturated carbocycles. The molecular formula is C14H20N6O. The number of anilines is 1. The first-order valence-electron chi connectivity index (χ1n) is 7.28. The SMILES string of the molecule is CNCC1CCCN(c2n[nH]c(-c3cccc(=O)[nH]3)n2)C1. The van der Waals surface area contributed by atoms with Gasteiger partial charge >= 0.3 is 0 Å². The predicted molar refractivity (Wildman–Crippen MR) is 81.3 cm³/mol. The van der Waals surface area contributed by atoms with Crippen molar-refractivity contribution in [2.24, 2.45) is 5.92 Å². The molecule has 7 nitrogen and oxygen atoms in total. The molecule has 0 radical (unpaired) electrons. The van der Waals surface area contributed by atoms with E-state index in [1.807, 2.05) is 13.1 Å². The van der Waals surface area contributed by atoms with E-state index in [1.165, 1.54) is 12.5 Å². The van der Waals surface area contributed by atoms with Gasteiger partial charge in [0.05, 0.1) is 5.69 Å². The Balaban J connectivity index is 1.77. The number of pyridine rings is 1. The van der Waals surface area contributed by atoms with Gasteiger partial charge in [0.25, 0.3) is 0 Å². The minimum atomic E-state index is -0.141. The number of hydrogen-bond acceptors (Lipinski definition) is 5. The maximum absolute atomic E-state index is 11.4. The average Bonchev–Trinajstić information content (AvgIpc) is 2.98. The molecule has 21 heavy (non-hydrogen) atoms. The topological polar surface area (TPSA) is 89.7 Å². The van der Waals surface area contributed by atoms with E-state index in [2.05, 4.69) is 30.4 Å². The van der Waals surface area contributed by atoms with Crippen LogP contribution in [0, 0.1) is 5.92 Å². The third-order valence-electron chi connectivity index (χ3n) is 3.79. The molecule has 2 aromatic rings. The Morgan fingerprint density at radius 2 is 2.38 bits per heavy atom. The highest BCUT2D eigenvalue weighted by Gasteiger charge is 2.22. The van der Waals surface area contributed by atoms with Crippen molar-refractivity contribution >= 4 is 5.95 Å². The van der Waals surface area contributed by atoms with Gasteiger partial charge in [-0.05, 0) is 38.4 Å². The number of nitrogens with zero attached hydrogens (tertiary/aromatic N) is 3. The van der Waals surface area contributed by atoms with Crippen LogP contribution in [0.1, 0.15) is 12.8 Å². The van der Waals surface area contributed by atoms with Gasteiger partial charge in [0.15, 0.2) is 5.82 Å². The van der Waals surface area contributed by atoms with Crippen LogP contribution in [0.15, 0.2) is 23.0 Å². The van der Waals surface area contributed by atoms with Gasteiger partial charge in [-0.15, -0.1) is 5.10 Å². The standard InChI is InChI=1S/C14H20N6O/c1-15-8-10-4-3-7-20(9-10)14-17-13(18-19-14)11-5-2-6-12(21)16-11/h2,5-6,10,15H,3-4,7-9H2,1H3,(H,16,21)(H,17,18,19). The second kappa shape index (κ2) is 6.09. The van der Waals surface area contributed by atoms with Gasteiger partial charge in [0, 0.05) is 19.2 Å². The van der Waals surface area contributed by atoms with E-state index < -0.39 is 0 Å². The Labute approximate surface area is 122 Å². The molecule has 0 spiro atoms. The summed E-state index contributed by atoms with van der Waals surface area (Å²) < 4.78 is 0. The maximum atomic E-state index is 11.4. The molecule has 1 atom stereocenters. The van der Waals surface area contributed by atoms with Crippen molar-refractivity contribution in [1.29, 1.82) is 0 Å². The van der Waals surface area contributed by atoms with Gasteiger partial charge in [-0.25, -0.2) is 0 Å². The molecule has 1 fully saturated rings. The van der Waals surface area contributed by atoms with Crippen molar-refractivity contribution in [2.75, 3.05) is 31.6 Å². The molecule has 3 N–H and O–H groups in total. The lowest BCUT2D eigenvalue weighted by Crippen LogP contribution is -2.39. The van der Waals surface area contributed by atoms with Gasteiger partial charge < -0.3 is 15.2 Å². The van der Waals surface area contributed by atoms with E-state index in [4.69, 9.17) is 0 Å². The average molecular weight is 288 g/mol. The summed E-state index contributed by atoms with van der Waals surface area (Å²) in [5.41, 5.74) is 0.516. The highest BCUT2D eigenvalue weighted by atomic mass is 16.1. The van der Waals surface area contributed by atoms with Crippen molar-refractivity contribution < 1.29 is 0 Å². The van der Waals surface area contributed by atoms with E-state index in [0.29, 0.717) is 23.4 Å². The Bertz CT molecular complexity index is 647. The first-order valence-corrected chi connectivity index (χ1v) is 7.28. The lowest BCUT2D eigenvalue weighted by atomic mass is 9.98. The molecule has 3 heterocycles. The van der Waals surface area contributed by atoms with Crippen LogP contribution >= 0.6 is 0 Å². The largest absolute Gasteiger partial charge is 0.339 e. The molecular weight excluding hydrogens is 268 g/mol. The van der Waals surface area contributed by atoms with Crippen LogP contribution in [0.4, 0.5) is 5.95 Å². The van der Waals surface area contributed by atoms with E-state index in [1.54, 1.807) is 6.07 Å². The number of nitrogens with one attached hydrogen (secondary N) is 3. The number of rotatable bonds is 4. The summed E-state index contributed by atoms with van der Waals surface area (Å²) >= 11 is 0. The fourth-order valence-corrected chi connectivity index (χ4v) is 2.80. The zero-order chi connectivity index (χ0) is 14.7. The lowest BCUT2D eigenvalue weighted by molar-refractivity contribution is 0.399. The van der Waals surface area contributed by atoms with Crippen molar-refractivity contribution in [2.45, 2.75) is 12.8 Å². The molecule has 1 unspecified atom stereocenters. The molecule has 1 saturated heterocycles. The molecule has 0 bridgehead atoms. The van der Waals surface area contributed by atoms with Crippen LogP contribution < -0.4 is 15.8 Å². The summed E-state index contributed by atoms with van der Waals surface area (Å²) in [5.74, 6) is 1.93. The smallest absolute Gasteiger partial charge is 0.248 e. The number of piperidine rings is 1. The van der Waals surface area contributed by atoms with Crippen LogP contribution in [-0.2, 0) is 0 Å². The summed E-state index contributed by atoms with van der Waals surface area (Å²) in [6.45, 7) is 2.95. The Kier molecular flexibility index (Phi) is 4.01. The summed E-state index contributed by atoms with van der Waals surface area (Å²) in [6.07, 6.45) is 2.39. The number of aromatic nitrogens is 4. The van der Waals surface area contributed by atoms with Crippen molar-refractivity contribution in [3.05, 3.63) is 28.6 Å². The summed E-state index contributed by atoms with van der Waals surface area (Å²) in [4.78, 5) is 20.8. The molecule has 7 heteroatoms. The Morgan fingerprint density at radius 3 is 3.19 bits per heavy atom. The molecule has 2 aromatic heterocycles. The highest BCUT2D eigenvalue weighted by molar-refractivity contribution is 5.50. The third-order valence-corrected chi connectivity index (χ3v) is 3.79. The normalized spacial score (nSPS) is 18.9. The van der Waals surface area contributed by atoms with Gasteiger partial charge in [0.1, 0.15) is 0 Å². The Morgan fingerprint density at radius 1 is 1.48 bits per heavy atom. The summed E-state index contributed by atoms with van der Waals surface area (Å²) in [6, 6.07) is 5.00. The molecule has 0 aliphatic carbocycles. The second-order valence-electron chi connectivity index (χ2n) is 5.42. The number of aromatic amines is 2. The van der Waals surface area contributed by atoms with Gasteiger partial charge in [-0.3, -0.25) is 9.89 Å². The van der Waals surface area contributed by atoms with Crippen LogP contribution in [0.5, 0.6) is 0 Å². The first kappa shape index (κ1) is 13.8. The van der Waals surface area contributed by atoms with Gasteiger partial charge in [0.2, 0.25) is 11.5 Å². The predicted octanol–water partition coefficient (Wildman–Crippen LogP) is 0.596. The minimum Gasteiger partial charge on any atom is -0.339 e. The van der Waals surface area contributed by atoms with Crippen molar-refractivity contribution in [3.8, 4) is 11.5 Å². The van der Waals surface area contributed by atoms with E-state index in [0.717, 1.165) is 26.1 Å². The molecule has 3 rings (SSSR count). The first-order chi connectivity index (χ1) is 10.3. The zero-order valence-corrected chi connectivity index (χ0v) is 12.1. The van der Waals surface area contributed by atoms with E-state index in [-0.39, 0.29) is 5.56 Å². The van der Waals surface area contributed by atoms with Crippen LogP contribution in [0.2, 0.25) is 0 Å². The quantitative estimate of drug-likeness (QED) is 0.766. The third kappa shape index (κ3) is 3.13. The highest BCUT2D eigenvalue weighted by Crippen LogP contribution is 2.21. The monoisotopic (exact) mass is 288 g/mol. The summed E-state index contributed by atoms with van der Waals surface area (Å²) in [7, 11) is 1.98. The van der Waals surface area contributed by atoms with Crippen LogP contribution in [-0.4, -0.2) is 46.8 Å². The van der Waals surface area contributed by atoms with Crippen LogP contribution in [0.3, 0.4) is 0 Å². The number of H-pyrrole nitrogens is 2. The van der Waals surface area contributed by atoms with Gasteiger partial charge in [-0.2, -0.15) is 4.98 Å². The van der Waals surface area contributed by atoms with E-state index in [9.17, 15) is 4.79 Å². The molecule has 1 aliphatic rings. The fraction of sp³-hybridized carbons (Fsp3) is 0.500. The minimum absolute atomic E-state index is 0.141. The molecule has 112 valence electrons. The van der Waals surface area contributed by atoms with Crippen LogP contribution in [0.25, 0.3) is 11.5 Å².